The van der Waals surface area contributed by atoms with Gasteiger partial charge in [0, 0.05) is 12.8 Å². The van der Waals surface area contributed by atoms with Gasteiger partial charge in [-0.2, -0.15) is 0 Å². The number of nitrogens with two attached hydrogens (primary N) is 1. The summed E-state index contributed by atoms with van der Waals surface area (Å²) in [6.45, 7) is 1.50. The second-order valence-electron chi connectivity index (χ2n) is 3.98. The number of nitrogens with one attached hydrogen (secondary N) is 1. The van der Waals surface area contributed by atoms with Gasteiger partial charge in [0.05, 0.1) is 6.61 Å². The number of anilines is 1. The maximum Gasteiger partial charge on any atom is 0.140 e. The molecule has 4 heteroatoms. The molecule has 0 aromatic carbocycles. The van der Waals surface area contributed by atoms with Crippen molar-refractivity contribution < 1.29 is 4.74 Å². The van der Waals surface area contributed by atoms with Crippen LogP contribution < -0.4 is 11.3 Å². The normalized spacial score (nSPS) is 15.3. The minimum absolute atomic E-state index is 0.643. The fourth-order valence-electron chi connectivity index (χ4n) is 1.49. The van der Waals surface area contributed by atoms with Crippen molar-refractivity contribution in [2.24, 2.45) is 11.8 Å². The molecule has 1 heterocycles. The number of pyridine rings is 1. The minimum atomic E-state index is 0.643. The number of hydrogen-bond donors (Lipinski definition) is 2. The monoisotopic (exact) mass is 207 g/mol. The highest BCUT2D eigenvalue weighted by atomic mass is 16.5. The zero-order chi connectivity index (χ0) is 10.5. The van der Waals surface area contributed by atoms with Gasteiger partial charge >= 0.3 is 0 Å². The minimum Gasteiger partial charge on any atom is -0.377 e. The van der Waals surface area contributed by atoms with E-state index in [2.05, 4.69) is 10.4 Å². The van der Waals surface area contributed by atoms with Crippen molar-refractivity contribution >= 4 is 5.82 Å². The van der Waals surface area contributed by atoms with E-state index in [0.29, 0.717) is 12.4 Å². The summed E-state index contributed by atoms with van der Waals surface area (Å²) in [5, 5.41) is 0. The van der Waals surface area contributed by atoms with Crippen molar-refractivity contribution in [2.45, 2.75) is 25.9 Å². The lowest BCUT2D eigenvalue weighted by Gasteiger charge is -2.05. The van der Waals surface area contributed by atoms with Crippen LogP contribution in [0.25, 0.3) is 0 Å². The molecular formula is C11H17N3O. The van der Waals surface area contributed by atoms with E-state index in [1.54, 1.807) is 6.20 Å². The highest BCUT2D eigenvalue weighted by Gasteiger charge is 2.20. The SMILES string of the molecule is NNc1cc(COCCC2CC2)ccn1. The summed E-state index contributed by atoms with van der Waals surface area (Å²) in [7, 11) is 0. The number of ether oxygens (including phenoxy) is 1. The number of nitrogens with zero attached hydrogens (tertiary/aromatic N) is 1. The fraction of sp³-hybridized carbons (Fsp3) is 0.545. The average Bonchev–Trinajstić information content (AvgIpc) is 3.09. The van der Waals surface area contributed by atoms with Crippen LogP contribution in [0.1, 0.15) is 24.8 Å². The lowest BCUT2D eigenvalue weighted by molar-refractivity contribution is 0.115. The van der Waals surface area contributed by atoms with E-state index in [9.17, 15) is 0 Å². The van der Waals surface area contributed by atoms with Crippen LogP contribution in [0.4, 0.5) is 5.82 Å². The van der Waals surface area contributed by atoms with E-state index in [1.807, 2.05) is 12.1 Å². The third kappa shape index (κ3) is 3.49. The van der Waals surface area contributed by atoms with Gasteiger partial charge in [-0.05, 0) is 30.0 Å². The molecule has 1 saturated carbocycles. The Labute approximate surface area is 89.8 Å². The van der Waals surface area contributed by atoms with Gasteiger partial charge in [-0.25, -0.2) is 10.8 Å². The average molecular weight is 207 g/mol. The Morgan fingerprint density at radius 2 is 2.40 bits per heavy atom. The van der Waals surface area contributed by atoms with Gasteiger partial charge in [-0.1, -0.05) is 12.8 Å². The first-order chi connectivity index (χ1) is 7.38. The Kier molecular flexibility index (Phi) is 3.53. The molecule has 0 aliphatic heterocycles. The van der Waals surface area contributed by atoms with Crippen LogP contribution >= 0.6 is 0 Å². The Morgan fingerprint density at radius 3 is 3.13 bits per heavy atom. The molecular weight excluding hydrogens is 190 g/mol. The standard InChI is InChI=1S/C11H17N3O/c12-14-11-7-10(3-5-13-11)8-15-6-4-9-1-2-9/h3,5,7,9H,1-2,4,6,8,12H2,(H,13,14). The maximum atomic E-state index is 5.57. The molecule has 0 bridgehead atoms. The van der Waals surface area contributed by atoms with Crippen LogP contribution in [0.15, 0.2) is 18.3 Å². The Morgan fingerprint density at radius 1 is 1.53 bits per heavy atom. The summed E-state index contributed by atoms with van der Waals surface area (Å²) in [6, 6.07) is 3.84. The molecule has 0 amide bonds. The van der Waals surface area contributed by atoms with Crippen molar-refractivity contribution in [1.82, 2.24) is 4.98 Å². The number of aromatic nitrogens is 1. The van der Waals surface area contributed by atoms with Crippen LogP contribution in [-0.4, -0.2) is 11.6 Å². The first-order valence-corrected chi connectivity index (χ1v) is 5.38. The molecule has 0 atom stereocenters. The topological polar surface area (TPSA) is 60.2 Å². The smallest absolute Gasteiger partial charge is 0.140 e. The van der Waals surface area contributed by atoms with Gasteiger partial charge in [-0.3, -0.25) is 0 Å². The van der Waals surface area contributed by atoms with E-state index in [1.165, 1.54) is 19.3 Å². The summed E-state index contributed by atoms with van der Waals surface area (Å²) < 4.78 is 5.57. The van der Waals surface area contributed by atoms with Crippen molar-refractivity contribution in [1.29, 1.82) is 0 Å². The highest BCUT2D eigenvalue weighted by Crippen LogP contribution is 2.32. The zero-order valence-corrected chi connectivity index (χ0v) is 8.78. The summed E-state index contributed by atoms with van der Waals surface area (Å²) >= 11 is 0. The van der Waals surface area contributed by atoms with Crippen LogP contribution in [0.3, 0.4) is 0 Å². The Hall–Kier alpha value is -1.13. The van der Waals surface area contributed by atoms with Gasteiger partial charge in [0.1, 0.15) is 5.82 Å². The maximum absolute atomic E-state index is 5.57. The molecule has 1 fully saturated rings. The predicted molar refractivity (Wildman–Crippen MR) is 59.0 cm³/mol. The molecule has 1 aliphatic carbocycles. The Bertz CT molecular complexity index is 312. The molecule has 4 nitrogen and oxygen atoms in total. The lowest BCUT2D eigenvalue weighted by atomic mass is 10.3. The van der Waals surface area contributed by atoms with E-state index in [4.69, 9.17) is 10.6 Å². The van der Waals surface area contributed by atoms with Crippen molar-refractivity contribution in [3.8, 4) is 0 Å². The van der Waals surface area contributed by atoms with Crippen molar-refractivity contribution in [3.05, 3.63) is 23.9 Å². The molecule has 15 heavy (non-hydrogen) atoms. The molecule has 2 rings (SSSR count). The predicted octanol–water partition coefficient (Wildman–Crippen LogP) is 1.68. The number of nitrogen functional groups attached to an aromatic ring is 1. The quantitative estimate of drug-likeness (QED) is 0.423. The van der Waals surface area contributed by atoms with Gasteiger partial charge in [0.2, 0.25) is 0 Å². The summed E-state index contributed by atoms with van der Waals surface area (Å²) in [5.74, 6) is 6.88. The van der Waals surface area contributed by atoms with Crippen molar-refractivity contribution in [2.75, 3.05) is 12.0 Å². The number of rotatable bonds is 6. The van der Waals surface area contributed by atoms with Crippen LogP contribution in [0, 0.1) is 5.92 Å². The third-order valence-electron chi connectivity index (χ3n) is 2.61. The van der Waals surface area contributed by atoms with E-state index >= 15 is 0 Å². The molecule has 82 valence electrons. The molecule has 3 N–H and O–H groups in total. The first kappa shape index (κ1) is 10.4. The van der Waals surface area contributed by atoms with Gasteiger partial charge < -0.3 is 10.2 Å². The molecule has 1 aliphatic rings. The summed E-state index contributed by atoms with van der Waals surface area (Å²) in [4.78, 5) is 4.03. The molecule has 1 aromatic rings. The second kappa shape index (κ2) is 5.09. The van der Waals surface area contributed by atoms with Crippen LogP contribution in [0.2, 0.25) is 0 Å². The largest absolute Gasteiger partial charge is 0.377 e. The Balaban J connectivity index is 1.71. The van der Waals surface area contributed by atoms with Gasteiger partial charge in [0.15, 0.2) is 0 Å². The zero-order valence-electron chi connectivity index (χ0n) is 8.78. The highest BCUT2D eigenvalue weighted by molar-refractivity contribution is 5.35. The summed E-state index contributed by atoms with van der Waals surface area (Å²) in [6.07, 6.45) is 5.71. The van der Waals surface area contributed by atoms with Crippen LogP contribution in [-0.2, 0) is 11.3 Å². The molecule has 0 spiro atoms. The third-order valence-corrected chi connectivity index (χ3v) is 2.61. The fourth-order valence-corrected chi connectivity index (χ4v) is 1.49. The van der Waals surface area contributed by atoms with E-state index < -0.39 is 0 Å². The van der Waals surface area contributed by atoms with Crippen LogP contribution in [0.5, 0.6) is 0 Å². The molecule has 0 unspecified atom stereocenters. The second-order valence-corrected chi connectivity index (χ2v) is 3.98. The van der Waals surface area contributed by atoms with E-state index in [0.717, 1.165) is 18.1 Å². The van der Waals surface area contributed by atoms with Gasteiger partial charge in [0.25, 0.3) is 0 Å². The molecule has 0 saturated heterocycles. The first-order valence-electron chi connectivity index (χ1n) is 5.38. The van der Waals surface area contributed by atoms with Crippen molar-refractivity contribution in [3.63, 3.8) is 0 Å². The lowest BCUT2D eigenvalue weighted by Crippen LogP contribution is -2.08. The van der Waals surface area contributed by atoms with Gasteiger partial charge in [-0.15, -0.1) is 0 Å². The molecule has 0 radical (unpaired) electrons. The number of hydrazine groups is 1. The molecule has 1 aromatic heterocycles. The summed E-state index contributed by atoms with van der Waals surface area (Å²) in [5.41, 5.74) is 3.62. The van der Waals surface area contributed by atoms with E-state index in [-0.39, 0.29) is 0 Å². The number of hydrogen-bond acceptors (Lipinski definition) is 4.